The van der Waals surface area contributed by atoms with Gasteiger partial charge in [-0.3, -0.25) is 10.1 Å². The van der Waals surface area contributed by atoms with Gasteiger partial charge in [0.1, 0.15) is 0 Å². The minimum absolute atomic E-state index is 0.0972. The molecule has 6 heteroatoms. The van der Waals surface area contributed by atoms with Crippen molar-refractivity contribution in [2.45, 2.75) is 13.0 Å². The Labute approximate surface area is 108 Å². The molecule has 0 aliphatic carbocycles. The van der Waals surface area contributed by atoms with E-state index in [2.05, 4.69) is 21.2 Å². The monoisotopic (exact) mass is 302 g/mol. The van der Waals surface area contributed by atoms with E-state index >= 15 is 0 Å². The van der Waals surface area contributed by atoms with Crippen LogP contribution in [0.15, 0.2) is 22.7 Å². The summed E-state index contributed by atoms with van der Waals surface area (Å²) in [5.41, 5.74) is 1.10. The van der Waals surface area contributed by atoms with Crippen LogP contribution in [0.5, 0.6) is 0 Å². The number of methoxy groups -OCH3 is 1. The molecule has 5 nitrogen and oxygen atoms in total. The van der Waals surface area contributed by atoms with E-state index in [1.807, 2.05) is 0 Å². The van der Waals surface area contributed by atoms with E-state index in [0.29, 0.717) is 6.54 Å². The number of nitrogens with zero attached hydrogens (tertiary/aromatic N) is 1. The molecule has 0 unspecified atom stereocenters. The molecule has 17 heavy (non-hydrogen) atoms. The van der Waals surface area contributed by atoms with Gasteiger partial charge < -0.3 is 10.1 Å². The summed E-state index contributed by atoms with van der Waals surface area (Å²) in [4.78, 5) is 10.1. The molecule has 0 radical (unpaired) electrons. The van der Waals surface area contributed by atoms with Crippen LogP contribution in [0.3, 0.4) is 0 Å². The number of benzene rings is 1. The number of rotatable bonds is 7. The fourth-order valence-corrected chi connectivity index (χ4v) is 1.86. The molecular formula is C11H15BrN2O3. The Kier molecular flexibility index (Phi) is 6.10. The molecule has 0 saturated carbocycles. The SMILES string of the molecule is COCCCNCc1ccc([N+](=O)[O-])cc1Br. The summed E-state index contributed by atoms with van der Waals surface area (Å²) in [6.07, 6.45) is 0.946. The molecule has 0 heterocycles. The second-order valence-corrected chi connectivity index (χ2v) is 4.41. The molecule has 0 aliphatic rings. The fraction of sp³-hybridized carbons (Fsp3) is 0.455. The molecule has 1 rings (SSSR count). The van der Waals surface area contributed by atoms with Gasteiger partial charge in [-0.1, -0.05) is 15.9 Å². The lowest BCUT2D eigenvalue weighted by atomic mass is 10.2. The van der Waals surface area contributed by atoms with E-state index < -0.39 is 4.92 Å². The van der Waals surface area contributed by atoms with Gasteiger partial charge in [0.05, 0.1) is 4.92 Å². The van der Waals surface area contributed by atoms with Crippen molar-refractivity contribution in [2.75, 3.05) is 20.3 Å². The van der Waals surface area contributed by atoms with Gasteiger partial charge in [0, 0.05) is 36.9 Å². The van der Waals surface area contributed by atoms with Crippen molar-refractivity contribution in [1.82, 2.24) is 5.32 Å². The standard InChI is InChI=1S/C11H15BrN2O3/c1-17-6-2-5-13-8-9-3-4-10(14(15)16)7-11(9)12/h3-4,7,13H,2,5-6,8H2,1H3. The van der Waals surface area contributed by atoms with Gasteiger partial charge in [0.15, 0.2) is 0 Å². The smallest absolute Gasteiger partial charge is 0.270 e. The molecule has 0 amide bonds. The van der Waals surface area contributed by atoms with Crippen LogP contribution in [0.2, 0.25) is 0 Å². The van der Waals surface area contributed by atoms with Crippen molar-refractivity contribution in [1.29, 1.82) is 0 Å². The number of nitro groups is 1. The molecule has 0 saturated heterocycles. The van der Waals surface area contributed by atoms with Crippen molar-refractivity contribution < 1.29 is 9.66 Å². The van der Waals surface area contributed by atoms with E-state index in [-0.39, 0.29) is 5.69 Å². The predicted molar refractivity (Wildman–Crippen MR) is 69.0 cm³/mol. The van der Waals surface area contributed by atoms with Crippen LogP contribution in [0.1, 0.15) is 12.0 Å². The minimum Gasteiger partial charge on any atom is -0.385 e. The number of hydrogen-bond donors (Lipinski definition) is 1. The van der Waals surface area contributed by atoms with E-state index in [1.165, 1.54) is 12.1 Å². The highest BCUT2D eigenvalue weighted by Gasteiger charge is 2.08. The fourth-order valence-electron chi connectivity index (χ4n) is 1.36. The van der Waals surface area contributed by atoms with Gasteiger partial charge >= 0.3 is 0 Å². The molecule has 94 valence electrons. The highest BCUT2D eigenvalue weighted by Crippen LogP contribution is 2.22. The van der Waals surface area contributed by atoms with Crippen molar-refractivity contribution >= 4 is 21.6 Å². The van der Waals surface area contributed by atoms with Crippen LogP contribution >= 0.6 is 15.9 Å². The van der Waals surface area contributed by atoms with E-state index in [1.54, 1.807) is 13.2 Å². The Bertz CT molecular complexity index is 385. The second-order valence-electron chi connectivity index (χ2n) is 3.56. The Morgan fingerprint density at radius 2 is 2.29 bits per heavy atom. The highest BCUT2D eigenvalue weighted by atomic mass is 79.9. The molecular weight excluding hydrogens is 288 g/mol. The first-order valence-corrected chi connectivity index (χ1v) is 6.07. The third kappa shape index (κ3) is 4.80. The van der Waals surface area contributed by atoms with Gasteiger partial charge in [0.2, 0.25) is 0 Å². The first-order valence-electron chi connectivity index (χ1n) is 5.27. The van der Waals surface area contributed by atoms with E-state index in [0.717, 1.165) is 29.6 Å². The van der Waals surface area contributed by atoms with Crippen LogP contribution in [0, 0.1) is 10.1 Å². The largest absolute Gasteiger partial charge is 0.385 e. The Hall–Kier alpha value is -0.980. The summed E-state index contributed by atoms with van der Waals surface area (Å²) in [6, 6.07) is 4.79. The molecule has 1 aromatic rings. The average molecular weight is 303 g/mol. The average Bonchev–Trinajstić information content (AvgIpc) is 2.30. The third-order valence-corrected chi connectivity index (χ3v) is 3.00. The predicted octanol–water partition coefficient (Wildman–Crippen LogP) is 2.48. The summed E-state index contributed by atoms with van der Waals surface area (Å²) in [5, 5.41) is 13.8. The van der Waals surface area contributed by atoms with Crippen molar-refractivity contribution in [2.24, 2.45) is 0 Å². The molecule has 0 spiro atoms. The van der Waals surface area contributed by atoms with E-state index in [4.69, 9.17) is 4.74 Å². The lowest BCUT2D eigenvalue weighted by Gasteiger charge is -2.06. The van der Waals surface area contributed by atoms with Crippen LogP contribution in [-0.4, -0.2) is 25.2 Å². The number of ether oxygens (including phenoxy) is 1. The summed E-state index contributed by atoms with van der Waals surface area (Å²) < 4.78 is 5.69. The van der Waals surface area contributed by atoms with Crippen molar-refractivity contribution in [3.05, 3.63) is 38.3 Å². The Morgan fingerprint density at radius 3 is 2.88 bits per heavy atom. The van der Waals surface area contributed by atoms with Crippen LogP contribution in [-0.2, 0) is 11.3 Å². The zero-order valence-electron chi connectivity index (χ0n) is 9.61. The first-order chi connectivity index (χ1) is 8.15. The molecule has 0 aliphatic heterocycles. The topological polar surface area (TPSA) is 64.4 Å². The van der Waals surface area contributed by atoms with Gasteiger partial charge in [0.25, 0.3) is 5.69 Å². The van der Waals surface area contributed by atoms with Gasteiger partial charge in [-0.05, 0) is 24.6 Å². The van der Waals surface area contributed by atoms with Gasteiger partial charge in [-0.15, -0.1) is 0 Å². The maximum Gasteiger partial charge on any atom is 0.270 e. The Morgan fingerprint density at radius 1 is 1.53 bits per heavy atom. The first kappa shape index (κ1) is 14.1. The van der Waals surface area contributed by atoms with Crippen molar-refractivity contribution in [3.8, 4) is 0 Å². The zero-order valence-corrected chi connectivity index (χ0v) is 11.2. The summed E-state index contributed by atoms with van der Waals surface area (Å²) in [7, 11) is 1.67. The lowest BCUT2D eigenvalue weighted by Crippen LogP contribution is -2.16. The summed E-state index contributed by atoms with van der Waals surface area (Å²) >= 11 is 3.33. The van der Waals surface area contributed by atoms with Gasteiger partial charge in [-0.25, -0.2) is 0 Å². The third-order valence-electron chi connectivity index (χ3n) is 2.26. The number of halogens is 1. The molecule has 0 fully saturated rings. The maximum atomic E-state index is 10.6. The summed E-state index contributed by atoms with van der Waals surface area (Å²) in [6.45, 7) is 2.27. The van der Waals surface area contributed by atoms with Crippen LogP contribution < -0.4 is 5.32 Å². The van der Waals surface area contributed by atoms with Crippen LogP contribution in [0.25, 0.3) is 0 Å². The molecule has 0 bridgehead atoms. The van der Waals surface area contributed by atoms with Crippen LogP contribution in [0.4, 0.5) is 5.69 Å². The number of nitrogens with one attached hydrogen (secondary N) is 1. The molecule has 1 N–H and O–H groups in total. The van der Waals surface area contributed by atoms with E-state index in [9.17, 15) is 10.1 Å². The molecule has 1 aromatic carbocycles. The minimum atomic E-state index is -0.402. The summed E-state index contributed by atoms with van der Waals surface area (Å²) in [5.74, 6) is 0. The Balaban J connectivity index is 2.46. The quantitative estimate of drug-likeness (QED) is 0.477. The number of nitro benzene ring substituents is 1. The molecule has 0 atom stereocenters. The van der Waals surface area contributed by atoms with Gasteiger partial charge in [-0.2, -0.15) is 0 Å². The maximum absolute atomic E-state index is 10.6. The lowest BCUT2D eigenvalue weighted by molar-refractivity contribution is -0.384. The number of hydrogen-bond acceptors (Lipinski definition) is 4. The van der Waals surface area contributed by atoms with Crippen molar-refractivity contribution in [3.63, 3.8) is 0 Å². The second kappa shape index (κ2) is 7.37. The zero-order chi connectivity index (χ0) is 12.7. The highest BCUT2D eigenvalue weighted by molar-refractivity contribution is 9.10. The normalized spacial score (nSPS) is 10.5. The molecule has 0 aromatic heterocycles. The number of non-ortho nitro benzene ring substituents is 1.